The normalized spacial score (nSPS) is 10.3. The Morgan fingerprint density at radius 1 is 1.25 bits per heavy atom. The van der Waals surface area contributed by atoms with Crippen molar-refractivity contribution in [3.63, 3.8) is 0 Å². The van der Waals surface area contributed by atoms with Gasteiger partial charge in [-0.15, -0.1) is 0 Å². The number of hydrogen-bond acceptors (Lipinski definition) is 4. The Hall–Kier alpha value is -1.99. The lowest BCUT2D eigenvalue weighted by molar-refractivity contribution is -0.385. The molecule has 0 aliphatic carbocycles. The van der Waals surface area contributed by atoms with Gasteiger partial charge in [0, 0.05) is 12.1 Å². The van der Waals surface area contributed by atoms with Crippen molar-refractivity contribution in [2.75, 3.05) is 0 Å². The smallest absolute Gasteiger partial charge is 0.275 e. The quantitative estimate of drug-likeness (QED) is 0.678. The predicted octanol–water partition coefficient (Wildman–Crippen LogP) is 3.78. The fraction of sp³-hybridized carbons (Fsp3) is 0.0769. The average Bonchev–Trinajstić information content (AvgIpc) is 2.42. The molecule has 2 aromatic carbocycles. The molecule has 1 N–H and O–H groups in total. The molecule has 0 aliphatic heterocycles. The minimum absolute atomic E-state index is 0.130. The molecule has 5 nitrogen and oxygen atoms in total. The van der Waals surface area contributed by atoms with Crippen LogP contribution < -0.4 is 4.74 Å². The minimum Gasteiger partial charge on any atom is -0.457 e. The highest BCUT2D eigenvalue weighted by Crippen LogP contribution is 2.29. The van der Waals surface area contributed by atoms with E-state index in [0.717, 1.165) is 0 Å². The van der Waals surface area contributed by atoms with Crippen LogP contribution in [0.3, 0.4) is 0 Å². The van der Waals surface area contributed by atoms with Gasteiger partial charge in [0.15, 0.2) is 0 Å². The molecule has 2 aromatic rings. The third-order valence-electron chi connectivity index (χ3n) is 2.54. The maximum absolute atomic E-state index is 13.3. The molecule has 0 saturated carbocycles. The van der Waals surface area contributed by atoms with Crippen LogP contribution in [-0.4, -0.2) is 10.0 Å². The van der Waals surface area contributed by atoms with Gasteiger partial charge in [-0.1, -0.05) is 0 Å². The van der Waals surface area contributed by atoms with E-state index in [4.69, 9.17) is 9.84 Å². The summed E-state index contributed by atoms with van der Waals surface area (Å²) >= 11 is 3.02. The first kappa shape index (κ1) is 14.4. The zero-order chi connectivity index (χ0) is 14.7. The van der Waals surface area contributed by atoms with Gasteiger partial charge < -0.3 is 9.84 Å². The Morgan fingerprint density at radius 2 is 1.90 bits per heavy atom. The summed E-state index contributed by atoms with van der Waals surface area (Å²) in [4.78, 5) is 10.1. The molecule has 104 valence electrons. The van der Waals surface area contributed by atoms with Crippen LogP contribution in [0.25, 0.3) is 0 Å². The Balaban J connectivity index is 2.29. The summed E-state index contributed by atoms with van der Waals surface area (Å²) in [6.45, 7) is -0.484. The van der Waals surface area contributed by atoms with Gasteiger partial charge in [0.05, 0.1) is 21.6 Å². The van der Waals surface area contributed by atoms with Crippen LogP contribution in [0.1, 0.15) is 5.56 Å². The lowest BCUT2D eigenvalue weighted by Gasteiger charge is -2.08. The van der Waals surface area contributed by atoms with Crippen molar-refractivity contribution in [1.82, 2.24) is 0 Å². The highest BCUT2D eigenvalue weighted by Gasteiger charge is 2.14. The molecule has 0 aromatic heterocycles. The summed E-state index contributed by atoms with van der Waals surface area (Å²) in [6.07, 6.45) is 0. The monoisotopic (exact) mass is 341 g/mol. The fourth-order valence-electron chi connectivity index (χ4n) is 1.61. The maximum atomic E-state index is 13.3. The van der Waals surface area contributed by atoms with Crippen molar-refractivity contribution >= 4 is 21.6 Å². The third-order valence-corrected chi connectivity index (χ3v) is 3.19. The van der Waals surface area contributed by atoms with Gasteiger partial charge in [-0.05, 0) is 40.2 Å². The minimum atomic E-state index is -0.589. The second-order valence-electron chi connectivity index (χ2n) is 3.88. The van der Waals surface area contributed by atoms with Crippen LogP contribution in [0, 0.1) is 15.9 Å². The lowest BCUT2D eigenvalue weighted by Crippen LogP contribution is -1.96. The number of hydrogen-bond donors (Lipinski definition) is 1. The summed E-state index contributed by atoms with van der Waals surface area (Å²) in [5.74, 6) is 0.0524. The van der Waals surface area contributed by atoms with Gasteiger partial charge >= 0.3 is 0 Å². The molecule has 0 atom stereocenters. The number of nitro benzene ring substituents is 1. The SMILES string of the molecule is O=[N+]([O-])c1ccc(Oc2ccc(Br)c(F)c2)cc1CO. The molecule has 0 spiro atoms. The van der Waals surface area contributed by atoms with E-state index < -0.39 is 17.3 Å². The van der Waals surface area contributed by atoms with Crippen LogP contribution in [0.15, 0.2) is 40.9 Å². The molecule has 0 bridgehead atoms. The summed E-state index contributed by atoms with van der Waals surface area (Å²) < 4.78 is 19.0. The first-order valence-corrected chi connectivity index (χ1v) is 6.31. The van der Waals surface area contributed by atoms with E-state index >= 15 is 0 Å². The van der Waals surface area contributed by atoms with E-state index in [-0.39, 0.29) is 22.7 Å². The summed E-state index contributed by atoms with van der Waals surface area (Å²) in [6, 6.07) is 8.19. The number of halogens is 2. The molecule has 20 heavy (non-hydrogen) atoms. The Labute approximate surface area is 121 Å². The third kappa shape index (κ3) is 3.12. The van der Waals surface area contributed by atoms with Gasteiger partial charge in [0.25, 0.3) is 5.69 Å². The number of aliphatic hydroxyl groups excluding tert-OH is 1. The molecule has 0 unspecified atom stereocenters. The van der Waals surface area contributed by atoms with Crippen molar-refractivity contribution in [1.29, 1.82) is 0 Å². The number of nitro groups is 1. The topological polar surface area (TPSA) is 72.6 Å². The van der Waals surface area contributed by atoms with Gasteiger partial charge in [-0.3, -0.25) is 10.1 Å². The van der Waals surface area contributed by atoms with E-state index in [1.807, 2.05) is 0 Å². The Morgan fingerprint density at radius 3 is 2.50 bits per heavy atom. The van der Waals surface area contributed by atoms with E-state index in [1.165, 1.54) is 30.3 Å². The summed E-state index contributed by atoms with van der Waals surface area (Å²) in [5.41, 5.74) is -0.0630. The zero-order valence-corrected chi connectivity index (χ0v) is 11.6. The number of nitrogens with zero attached hydrogens (tertiary/aromatic N) is 1. The van der Waals surface area contributed by atoms with E-state index in [2.05, 4.69) is 15.9 Å². The molecular formula is C13H9BrFNO4. The summed E-state index contributed by atoms with van der Waals surface area (Å²) in [5, 5.41) is 19.8. The number of aliphatic hydroxyl groups is 1. The number of benzene rings is 2. The van der Waals surface area contributed by atoms with Gasteiger partial charge in [0.1, 0.15) is 17.3 Å². The first-order chi connectivity index (χ1) is 9.51. The average molecular weight is 342 g/mol. The van der Waals surface area contributed by atoms with Gasteiger partial charge in [0.2, 0.25) is 0 Å². The molecule has 0 heterocycles. The standard InChI is InChI=1S/C13H9BrFNO4/c14-11-3-1-10(6-12(11)15)20-9-2-4-13(16(18)19)8(5-9)7-17/h1-6,17H,7H2. The molecule has 0 radical (unpaired) electrons. The van der Waals surface area contributed by atoms with Crippen LogP contribution >= 0.6 is 15.9 Å². The molecule has 0 saturated heterocycles. The highest BCUT2D eigenvalue weighted by atomic mass is 79.9. The van der Waals surface area contributed by atoms with E-state index in [1.54, 1.807) is 6.07 Å². The zero-order valence-electron chi connectivity index (χ0n) is 10.0. The van der Waals surface area contributed by atoms with Crippen molar-refractivity contribution in [3.8, 4) is 11.5 Å². The van der Waals surface area contributed by atoms with Crippen LogP contribution in [-0.2, 0) is 6.61 Å². The Bertz CT molecular complexity index is 663. The van der Waals surface area contributed by atoms with E-state index in [0.29, 0.717) is 4.47 Å². The summed E-state index contributed by atoms with van der Waals surface area (Å²) in [7, 11) is 0. The predicted molar refractivity (Wildman–Crippen MR) is 73.2 cm³/mol. The van der Waals surface area contributed by atoms with Crippen molar-refractivity contribution in [2.24, 2.45) is 0 Å². The van der Waals surface area contributed by atoms with Gasteiger partial charge in [-0.2, -0.15) is 0 Å². The van der Waals surface area contributed by atoms with Crippen molar-refractivity contribution in [2.45, 2.75) is 6.61 Å². The molecule has 0 aliphatic rings. The van der Waals surface area contributed by atoms with Crippen LogP contribution in [0.4, 0.5) is 10.1 Å². The fourth-order valence-corrected chi connectivity index (χ4v) is 1.85. The highest BCUT2D eigenvalue weighted by molar-refractivity contribution is 9.10. The number of ether oxygens (including phenoxy) is 1. The second-order valence-corrected chi connectivity index (χ2v) is 4.74. The van der Waals surface area contributed by atoms with Crippen molar-refractivity contribution < 1.29 is 19.2 Å². The molecule has 0 fully saturated rings. The van der Waals surface area contributed by atoms with Crippen molar-refractivity contribution in [3.05, 3.63) is 62.4 Å². The lowest BCUT2D eigenvalue weighted by atomic mass is 10.2. The molecule has 7 heteroatoms. The Kier molecular flexibility index (Phi) is 4.31. The second kappa shape index (κ2) is 5.98. The molecular weight excluding hydrogens is 333 g/mol. The number of rotatable bonds is 4. The molecule has 2 rings (SSSR count). The van der Waals surface area contributed by atoms with Gasteiger partial charge in [-0.25, -0.2) is 4.39 Å². The van der Waals surface area contributed by atoms with Crippen LogP contribution in [0.2, 0.25) is 0 Å². The maximum Gasteiger partial charge on any atom is 0.275 e. The van der Waals surface area contributed by atoms with E-state index in [9.17, 15) is 14.5 Å². The largest absolute Gasteiger partial charge is 0.457 e. The van der Waals surface area contributed by atoms with Crippen LogP contribution in [0.5, 0.6) is 11.5 Å². The first-order valence-electron chi connectivity index (χ1n) is 5.52. The molecule has 0 amide bonds.